The maximum absolute atomic E-state index is 12.6. The van der Waals surface area contributed by atoms with Crippen LogP contribution in [0.1, 0.15) is 15.2 Å². The van der Waals surface area contributed by atoms with Gasteiger partial charge in [0.1, 0.15) is 16.4 Å². The number of hydrogen-bond donors (Lipinski definition) is 1. The highest BCUT2D eigenvalue weighted by molar-refractivity contribution is 9.10. The Morgan fingerprint density at radius 2 is 1.82 bits per heavy atom. The van der Waals surface area contributed by atoms with Crippen LogP contribution in [0, 0.1) is 0 Å². The van der Waals surface area contributed by atoms with E-state index < -0.39 is 11.9 Å². The highest BCUT2D eigenvalue weighted by Gasteiger charge is 2.19. The molecule has 166 valence electrons. The van der Waals surface area contributed by atoms with Crippen LogP contribution in [0.5, 0.6) is 11.5 Å². The number of nitrogens with one attached hydrogen (secondary N) is 1. The molecule has 1 aromatic heterocycles. The van der Waals surface area contributed by atoms with Gasteiger partial charge in [0, 0.05) is 14.6 Å². The summed E-state index contributed by atoms with van der Waals surface area (Å²) in [6.07, 6.45) is 1.45. The van der Waals surface area contributed by atoms with Gasteiger partial charge >= 0.3 is 5.97 Å². The van der Waals surface area contributed by atoms with Crippen LogP contribution in [0.25, 0.3) is 10.1 Å². The van der Waals surface area contributed by atoms with Crippen molar-refractivity contribution in [3.63, 3.8) is 0 Å². The third kappa shape index (κ3) is 5.98. The van der Waals surface area contributed by atoms with Crippen molar-refractivity contribution in [3.8, 4) is 11.5 Å². The zero-order valence-corrected chi connectivity index (χ0v) is 20.1. The zero-order chi connectivity index (χ0) is 23.2. The van der Waals surface area contributed by atoms with E-state index in [1.807, 2.05) is 36.4 Å². The number of benzene rings is 3. The van der Waals surface area contributed by atoms with Gasteiger partial charge in [0.25, 0.3) is 5.91 Å². The Kier molecular flexibility index (Phi) is 7.39. The lowest BCUT2D eigenvalue weighted by atomic mass is 10.2. The number of ether oxygens (including phenoxy) is 2. The molecule has 4 aromatic rings. The summed E-state index contributed by atoms with van der Waals surface area (Å²) in [5, 5.41) is 5.12. The molecule has 0 spiro atoms. The smallest absolute Gasteiger partial charge is 0.355 e. The second-order valence-electron chi connectivity index (χ2n) is 6.74. The van der Waals surface area contributed by atoms with E-state index in [0.29, 0.717) is 27.0 Å². The molecular formula is C24H16BrClN2O4S. The molecule has 0 radical (unpaired) electrons. The van der Waals surface area contributed by atoms with Crippen LogP contribution in [0.3, 0.4) is 0 Å². The maximum atomic E-state index is 12.6. The summed E-state index contributed by atoms with van der Waals surface area (Å²) in [6.45, 7) is -0.174. The molecule has 6 nitrogen and oxygen atoms in total. The lowest BCUT2D eigenvalue weighted by Crippen LogP contribution is -2.24. The van der Waals surface area contributed by atoms with Crippen molar-refractivity contribution in [2.75, 3.05) is 6.61 Å². The van der Waals surface area contributed by atoms with E-state index in [1.54, 1.807) is 36.4 Å². The molecule has 9 heteroatoms. The van der Waals surface area contributed by atoms with Crippen LogP contribution in [0.4, 0.5) is 0 Å². The minimum absolute atomic E-state index is 0.174. The number of carbonyl (C=O) groups excluding carboxylic acids is 2. The van der Waals surface area contributed by atoms with E-state index in [9.17, 15) is 9.59 Å². The zero-order valence-electron chi connectivity index (χ0n) is 17.0. The average Bonchev–Trinajstić information content (AvgIpc) is 3.16. The fourth-order valence-electron chi connectivity index (χ4n) is 2.85. The van der Waals surface area contributed by atoms with Gasteiger partial charge < -0.3 is 9.47 Å². The number of halogens is 2. The summed E-state index contributed by atoms with van der Waals surface area (Å²) >= 11 is 11.0. The topological polar surface area (TPSA) is 77.0 Å². The van der Waals surface area contributed by atoms with Crippen molar-refractivity contribution in [1.29, 1.82) is 0 Å². The first-order chi connectivity index (χ1) is 16.0. The van der Waals surface area contributed by atoms with Crippen LogP contribution < -0.4 is 14.9 Å². The largest absolute Gasteiger partial charge is 0.484 e. The van der Waals surface area contributed by atoms with Gasteiger partial charge in [-0.2, -0.15) is 5.10 Å². The molecule has 1 N–H and O–H groups in total. The molecule has 4 rings (SSSR count). The van der Waals surface area contributed by atoms with Crippen molar-refractivity contribution < 1.29 is 19.1 Å². The summed E-state index contributed by atoms with van der Waals surface area (Å²) in [6, 6.07) is 21.4. The van der Waals surface area contributed by atoms with Crippen molar-refractivity contribution in [3.05, 3.63) is 92.7 Å². The van der Waals surface area contributed by atoms with E-state index in [-0.39, 0.29) is 6.61 Å². The number of thiophene rings is 1. The van der Waals surface area contributed by atoms with Crippen LogP contribution >= 0.6 is 38.9 Å². The molecule has 33 heavy (non-hydrogen) atoms. The summed E-state index contributed by atoms with van der Waals surface area (Å²) in [4.78, 5) is 24.9. The standard InChI is InChI=1S/C24H16BrClN2O4S/c25-16-8-10-17(11-9-16)31-14-21(29)28-27-13-15-4-3-5-18(12-15)32-24(30)23-22(26)19-6-1-2-7-20(19)33-23/h1-13H,14H2,(H,28,29)/b27-13-. The molecule has 0 fully saturated rings. The van der Waals surface area contributed by atoms with Gasteiger partial charge in [-0.05, 0) is 48.0 Å². The van der Waals surface area contributed by atoms with Gasteiger partial charge in [0.2, 0.25) is 0 Å². The number of rotatable bonds is 7. The molecule has 0 aliphatic heterocycles. The molecule has 0 saturated carbocycles. The molecular weight excluding hydrogens is 528 g/mol. The quantitative estimate of drug-likeness (QED) is 0.133. The highest BCUT2D eigenvalue weighted by atomic mass is 79.9. The maximum Gasteiger partial charge on any atom is 0.355 e. The Bertz CT molecular complexity index is 1340. The Labute approximate surface area is 206 Å². The molecule has 0 saturated heterocycles. The predicted octanol–water partition coefficient (Wildman–Crippen LogP) is 6.07. The third-order valence-electron chi connectivity index (χ3n) is 4.38. The molecule has 1 heterocycles. The molecule has 0 bridgehead atoms. The number of fused-ring (bicyclic) bond motifs is 1. The number of nitrogens with zero attached hydrogens (tertiary/aromatic N) is 1. The van der Waals surface area contributed by atoms with Crippen molar-refractivity contribution in [1.82, 2.24) is 5.43 Å². The van der Waals surface area contributed by atoms with Gasteiger partial charge in [0.15, 0.2) is 6.61 Å². The number of hydrazone groups is 1. The highest BCUT2D eigenvalue weighted by Crippen LogP contribution is 2.35. The average molecular weight is 544 g/mol. The normalized spacial score (nSPS) is 11.0. The Morgan fingerprint density at radius 1 is 1.03 bits per heavy atom. The third-order valence-corrected chi connectivity index (χ3v) is 6.56. The van der Waals surface area contributed by atoms with E-state index in [2.05, 4.69) is 26.5 Å². The number of amides is 1. The minimum atomic E-state index is -0.534. The number of hydrogen-bond acceptors (Lipinski definition) is 6. The van der Waals surface area contributed by atoms with Crippen LogP contribution in [-0.4, -0.2) is 24.7 Å². The fourth-order valence-corrected chi connectivity index (χ4v) is 4.50. The van der Waals surface area contributed by atoms with Crippen molar-refractivity contribution >= 4 is 67.0 Å². The van der Waals surface area contributed by atoms with Gasteiger partial charge in [-0.25, -0.2) is 10.2 Å². The lowest BCUT2D eigenvalue weighted by molar-refractivity contribution is -0.123. The monoisotopic (exact) mass is 542 g/mol. The minimum Gasteiger partial charge on any atom is -0.484 e. The fraction of sp³-hybridized carbons (Fsp3) is 0.0417. The first-order valence-corrected chi connectivity index (χ1v) is 11.7. The number of esters is 1. The van der Waals surface area contributed by atoms with E-state index in [4.69, 9.17) is 21.1 Å². The summed E-state index contributed by atoms with van der Waals surface area (Å²) in [7, 11) is 0. The molecule has 0 aliphatic rings. The van der Waals surface area contributed by atoms with Crippen molar-refractivity contribution in [2.24, 2.45) is 5.10 Å². The van der Waals surface area contributed by atoms with Crippen LogP contribution in [-0.2, 0) is 4.79 Å². The van der Waals surface area contributed by atoms with Gasteiger partial charge in [-0.1, -0.05) is 57.9 Å². The van der Waals surface area contributed by atoms with Crippen LogP contribution in [0.15, 0.2) is 82.4 Å². The van der Waals surface area contributed by atoms with Gasteiger partial charge in [-0.3, -0.25) is 4.79 Å². The number of carbonyl (C=O) groups is 2. The summed E-state index contributed by atoms with van der Waals surface area (Å²) in [5.74, 6) is -0.0298. The Morgan fingerprint density at radius 3 is 2.61 bits per heavy atom. The Hall–Kier alpha value is -3.20. The summed E-state index contributed by atoms with van der Waals surface area (Å²) < 4.78 is 12.7. The van der Waals surface area contributed by atoms with Crippen LogP contribution in [0.2, 0.25) is 5.02 Å². The van der Waals surface area contributed by atoms with E-state index in [0.717, 1.165) is 14.6 Å². The lowest BCUT2D eigenvalue weighted by Gasteiger charge is -2.05. The van der Waals surface area contributed by atoms with E-state index >= 15 is 0 Å². The second-order valence-corrected chi connectivity index (χ2v) is 9.08. The Balaban J connectivity index is 1.33. The molecule has 0 atom stereocenters. The van der Waals surface area contributed by atoms with Gasteiger partial charge in [0.05, 0.1) is 11.2 Å². The first kappa shape index (κ1) is 23.0. The SMILES string of the molecule is O=C(COc1ccc(Br)cc1)N/N=C\c1cccc(OC(=O)c2sc3ccccc3c2Cl)c1. The molecule has 0 aliphatic carbocycles. The summed E-state index contributed by atoms with van der Waals surface area (Å²) in [5.41, 5.74) is 3.03. The molecule has 1 amide bonds. The van der Waals surface area contributed by atoms with E-state index in [1.165, 1.54) is 17.6 Å². The second kappa shape index (κ2) is 10.6. The predicted molar refractivity (Wildman–Crippen MR) is 134 cm³/mol. The molecule has 0 unspecified atom stereocenters. The van der Waals surface area contributed by atoms with Crippen molar-refractivity contribution in [2.45, 2.75) is 0 Å². The first-order valence-electron chi connectivity index (χ1n) is 9.69. The van der Waals surface area contributed by atoms with Gasteiger partial charge in [-0.15, -0.1) is 11.3 Å². The molecule has 3 aromatic carbocycles.